The molecule has 0 aromatic heterocycles. The van der Waals surface area contributed by atoms with Gasteiger partial charge >= 0.3 is 0 Å². The Kier molecular flexibility index (Phi) is 1.43. The maximum Gasteiger partial charge on any atom is 0.0784 e. The van der Waals surface area contributed by atoms with Crippen LogP contribution >= 0.6 is 11.8 Å². The zero-order chi connectivity index (χ0) is 6.16. The number of hydrogen-bond acceptors (Lipinski definition) is 3. The minimum atomic E-state index is 0.444. The van der Waals surface area contributed by atoms with Crippen molar-refractivity contribution in [1.82, 2.24) is 10.6 Å². The molecule has 2 saturated heterocycles. The summed E-state index contributed by atoms with van der Waals surface area (Å²) in [5.41, 5.74) is 0. The molecule has 0 bridgehead atoms. The van der Waals surface area contributed by atoms with E-state index >= 15 is 0 Å². The molecular weight excluding hydrogens is 132 g/mol. The molecule has 0 saturated carbocycles. The molecule has 52 valence electrons. The molecule has 0 aromatic carbocycles. The fourth-order valence-electron chi connectivity index (χ4n) is 1.55. The van der Waals surface area contributed by atoms with Gasteiger partial charge in [0.15, 0.2) is 0 Å². The number of rotatable bonds is 0. The predicted octanol–water partition coefficient (Wildman–Crippen LogP) is 0.360. The molecule has 0 amide bonds. The second kappa shape index (κ2) is 2.15. The normalized spacial score (nSPS) is 42.7. The first-order valence-electron chi connectivity index (χ1n) is 3.51. The Morgan fingerprint density at radius 2 is 2.44 bits per heavy atom. The van der Waals surface area contributed by atoms with Gasteiger partial charge in [-0.2, -0.15) is 0 Å². The monoisotopic (exact) mass is 144 g/mol. The largest absolute Gasteiger partial charge is 0.305 e. The molecule has 2 heterocycles. The summed E-state index contributed by atoms with van der Waals surface area (Å²) in [6, 6.07) is 0. The third-order valence-electron chi connectivity index (χ3n) is 2.07. The molecular formula is C6H12N2S. The van der Waals surface area contributed by atoms with Crippen LogP contribution in [-0.4, -0.2) is 23.8 Å². The van der Waals surface area contributed by atoms with E-state index < -0.39 is 0 Å². The zero-order valence-electron chi connectivity index (χ0n) is 5.44. The lowest BCUT2D eigenvalue weighted by Gasteiger charge is -2.19. The first kappa shape index (κ1) is 6.01. The average molecular weight is 144 g/mol. The van der Waals surface area contributed by atoms with Crippen molar-refractivity contribution in [3.8, 4) is 0 Å². The minimum Gasteiger partial charge on any atom is -0.305 e. The van der Waals surface area contributed by atoms with Crippen LogP contribution in [0.2, 0.25) is 0 Å². The maximum atomic E-state index is 3.53. The van der Waals surface area contributed by atoms with E-state index in [1.54, 1.807) is 0 Å². The molecule has 1 atom stereocenters. The van der Waals surface area contributed by atoms with Crippen LogP contribution in [-0.2, 0) is 0 Å². The Morgan fingerprint density at radius 1 is 1.44 bits per heavy atom. The molecule has 1 spiro atoms. The molecule has 9 heavy (non-hydrogen) atoms. The average Bonchev–Trinajstić information content (AvgIpc) is 2.45. The van der Waals surface area contributed by atoms with Gasteiger partial charge in [0.05, 0.1) is 4.87 Å². The van der Waals surface area contributed by atoms with Crippen molar-refractivity contribution in [2.75, 3.05) is 19.0 Å². The standard InChI is InChI=1S/C6H12N2S/c1-2-6(8-3-1)4-7-5-9-6/h7-8H,1-5H2. The molecule has 2 nitrogen and oxygen atoms in total. The molecule has 3 heteroatoms. The Balaban J connectivity index is 2.04. The number of thioether (sulfide) groups is 1. The van der Waals surface area contributed by atoms with Gasteiger partial charge in [0.2, 0.25) is 0 Å². The van der Waals surface area contributed by atoms with Crippen molar-refractivity contribution in [2.45, 2.75) is 17.7 Å². The van der Waals surface area contributed by atoms with Gasteiger partial charge in [-0.15, -0.1) is 11.8 Å². The van der Waals surface area contributed by atoms with E-state index in [1.807, 2.05) is 11.8 Å². The van der Waals surface area contributed by atoms with Crippen molar-refractivity contribution in [1.29, 1.82) is 0 Å². The Bertz CT molecular complexity index is 86.1. The molecule has 1 unspecified atom stereocenters. The second-order valence-electron chi connectivity index (χ2n) is 2.74. The van der Waals surface area contributed by atoms with E-state index in [0.29, 0.717) is 4.87 Å². The SMILES string of the molecule is C1CNC2(C1)CNCS2. The summed E-state index contributed by atoms with van der Waals surface area (Å²) in [7, 11) is 0. The van der Waals surface area contributed by atoms with E-state index in [0.717, 1.165) is 12.4 Å². The Labute approximate surface area is 59.8 Å². The summed E-state index contributed by atoms with van der Waals surface area (Å²) in [6.07, 6.45) is 2.71. The van der Waals surface area contributed by atoms with Crippen LogP contribution in [0.4, 0.5) is 0 Å². The van der Waals surface area contributed by atoms with Crippen LogP contribution in [0.3, 0.4) is 0 Å². The Hall–Kier alpha value is 0.270. The van der Waals surface area contributed by atoms with Crippen molar-refractivity contribution in [2.24, 2.45) is 0 Å². The van der Waals surface area contributed by atoms with Gasteiger partial charge in [0.25, 0.3) is 0 Å². The molecule has 2 aliphatic rings. The summed E-state index contributed by atoms with van der Waals surface area (Å²) >= 11 is 2.03. The Morgan fingerprint density at radius 3 is 3.00 bits per heavy atom. The zero-order valence-corrected chi connectivity index (χ0v) is 6.26. The molecule has 2 N–H and O–H groups in total. The lowest BCUT2D eigenvalue weighted by Crippen LogP contribution is -2.38. The van der Waals surface area contributed by atoms with Gasteiger partial charge in [-0.1, -0.05) is 0 Å². The van der Waals surface area contributed by atoms with Crippen molar-refractivity contribution >= 4 is 11.8 Å². The van der Waals surface area contributed by atoms with E-state index in [2.05, 4.69) is 10.6 Å². The molecule has 2 rings (SSSR count). The first-order chi connectivity index (χ1) is 4.41. The lowest BCUT2D eigenvalue weighted by molar-refractivity contribution is 0.542. The van der Waals surface area contributed by atoms with Crippen LogP contribution in [0.25, 0.3) is 0 Å². The fraction of sp³-hybridized carbons (Fsp3) is 1.00. The highest BCUT2D eigenvalue weighted by Crippen LogP contribution is 2.33. The van der Waals surface area contributed by atoms with Gasteiger partial charge < -0.3 is 10.6 Å². The molecule has 0 aliphatic carbocycles. The molecule has 0 radical (unpaired) electrons. The van der Waals surface area contributed by atoms with Crippen molar-refractivity contribution < 1.29 is 0 Å². The molecule has 0 aromatic rings. The summed E-state index contributed by atoms with van der Waals surface area (Å²) in [5.74, 6) is 1.13. The fourth-order valence-corrected chi connectivity index (χ4v) is 2.72. The summed E-state index contributed by atoms with van der Waals surface area (Å²) in [5, 5.41) is 6.89. The molecule has 2 aliphatic heterocycles. The van der Waals surface area contributed by atoms with Crippen molar-refractivity contribution in [3.05, 3.63) is 0 Å². The van der Waals surface area contributed by atoms with Crippen LogP contribution in [0.1, 0.15) is 12.8 Å². The summed E-state index contributed by atoms with van der Waals surface area (Å²) < 4.78 is 0. The van der Waals surface area contributed by atoms with Crippen LogP contribution in [0.15, 0.2) is 0 Å². The predicted molar refractivity (Wildman–Crippen MR) is 40.4 cm³/mol. The minimum absolute atomic E-state index is 0.444. The van der Waals surface area contributed by atoms with E-state index in [-0.39, 0.29) is 0 Å². The highest BCUT2D eigenvalue weighted by atomic mass is 32.2. The van der Waals surface area contributed by atoms with Gasteiger partial charge in [-0.3, -0.25) is 0 Å². The van der Waals surface area contributed by atoms with E-state index in [9.17, 15) is 0 Å². The topological polar surface area (TPSA) is 24.1 Å². The lowest BCUT2D eigenvalue weighted by atomic mass is 10.2. The smallest absolute Gasteiger partial charge is 0.0784 e. The van der Waals surface area contributed by atoms with Gasteiger partial charge in [0, 0.05) is 12.4 Å². The number of hydrogen-bond donors (Lipinski definition) is 2. The van der Waals surface area contributed by atoms with Gasteiger partial charge in [-0.05, 0) is 19.4 Å². The van der Waals surface area contributed by atoms with Crippen LogP contribution < -0.4 is 10.6 Å². The van der Waals surface area contributed by atoms with E-state index in [1.165, 1.54) is 19.4 Å². The van der Waals surface area contributed by atoms with Gasteiger partial charge in [-0.25, -0.2) is 0 Å². The quantitative estimate of drug-likeness (QED) is 0.513. The van der Waals surface area contributed by atoms with Crippen LogP contribution in [0, 0.1) is 0 Å². The third kappa shape index (κ3) is 0.974. The summed E-state index contributed by atoms with van der Waals surface area (Å²) in [6.45, 7) is 2.38. The van der Waals surface area contributed by atoms with Gasteiger partial charge in [0.1, 0.15) is 0 Å². The second-order valence-corrected chi connectivity index (χ2v) is 4.10. The third-order valence-corrected chi connectivity index (χ3v) is 3.46. The molecule has 2 fully saturated rings. The maximum absolute atomic E-state index is 3.53. The summed E-state index contributed by atoms with van der Waals surface area (Å²) in [4.78, 5) is 0.444. The van der Waals surface area contributed by atoms with Crippen molar-refractivity contribution in [3.63, 3.8) is 0 Å². The number of nitrogens with one attached hydrogen (secondary N) is 2. The first-order valence-corrected chi connectivity index (χ1v) is 4.50. The highest BCUT2D eigenvalue weighted by Gasteiger charge is 2.36. The van der Waals surface area contributed by atoms with Crippen LogP contribution in [0.5, 0.6) is 0 Å². The highest BCUT2D eigenvalue weighted by molar-refractivity contribution is 8.00. The van der Waals surface area contributed by atoms with E-state index in [4.69, 9.17) is 0 Å².